The molecule has 4 rings (SSSR count). The number of carbonyl (C=O) groups is 3. The molecular weight excluding hydrogens is 420 g/mol. The molecule has 8 nitrogen and oxygen atoms in total. The number of hydrogen-bond donors (Lipinski definition) is 2. The maximum absolute atomic E-state index is 12.7. The number of morpholine rings is 1. The number of carbonyl (C=O) groups excluding carboxylic acids is 3. The van der Waals surface area contributed by atoms with Crippen molar-refractivity contribution in [3.8, 4) is 0 Å². The zero-order valence-electron chi connectivity index (χ0n) is 18.7. The van der Waals surface area contributed by atoms with Gasteiger partial charge in [0.1, 0.15) is 0 Å². The van der Waals surface area contributed by atoms with Gasteiger partial charge in [0.05, 0.1) is 32.2 Å². The van der Waals surface area contributed by atoms with Crippen LogP contribution in [-0.4, -0.2) is 67.0 Å². The lowest BCUT2D eigenvalue weighted by molar-refractivity contribution is -0.130. The van der Waals surface area contributed by atoms with Crippen LogP contribution in [0.4, 0.5) is 4.79 Å². The fourth-order valence-electron chi connectivity index (χ4n) is 4.15. The van der Waals surface area contributed by atoms with Gasteiger partial charge in [-0.05, 0) is 36.2 Å². The van der Waals surface area contributed by atoms with Crippen LogP contribution in [-0.2, 0) is 16.1 Å². The number of amides is 4. The Morgan fingerprint density at radius 1 is 1.06 bits per heavy atom. The normalized spacial score (nSPS) is 19.3. The van der Waals surface area contributed by atoms with Gasteiger partial charge in [-0.3, -0.25) is 19.4 Å². The van der Waals surface area contributed by atoms with Gasteiger partial charge in [-0.15, -0.1) is 0 Å². The van der Waals surface area contributed by atoms with Crippen LogP contribution in [0.2, 0.25) is 0 Å². The Labute approximate surface area is 193 Å². The lowest BCUT2D eigenvalue weighted by atomic mass is 10.0. The second-order valence-electron chi connectivity index (χ2n) is 8.36. The Morgan fingerprint density at radius 2 is 1.85 bits per heavy atom. The highest BCUT2D eigenvalue weighted by Crippen LogP contribution is 2.23. The largest absolute Gasteiger partial charge is 0.379 e. The van der Waals surface area contributed by atoms with E-state index in [0.717, 1.165) is 50.4 Å². The average Bonchev–Trinajstić information content (AvgIpc) is 2.85. The highest BCUT2D eigenvalue weighted by Gasteiger charge is 2.32. The molecule has 2 N–H and O–H groups in total. The molecule has 0 aromatic heterocycles. The molecule has 2 aromatic rings. The minimum atomic E-state index is -0.418. The fraction of sp³-hybridized carbons (Fsp3) is 0.400. The van der Waals surface area contributed by atoms with E-state index < -0.39 is 6.03 Å². The van der Waals surface area contributed by atoms with E-state index in [0.29, 0.717) is 12.1 Å². The predicted molar refractivity (Wildman–Crippen MR) is 124 cm³/mol. The summed E-state index contributed by atoms with van der Waals surface area (Å²) in [5.41, 5.74) is 2.16. The Hall–Kier alpha value is -3.23. The van der Waals surface area contributed by atoms with Crippen LogP contribution in [0.25, 0.3) is 0 Å². The summed E-state index contributed by atoms with van der Waals surface area (Å²) < 4.78 is 5.35. The number of urea groups is 1. The summed E-state index contributed by atoms with van der Waals surface area (Å²) in [6.45, 7) is 5.06. The first-order chi connectivity index (χ1) is 16.1. The SMILES string of the molecule is O=C(NCCCN1CCOCC1)c1cccc(CN2C(=O)CC(c3ccccc3)NC2=O)c1. The second kappa shape index (κ2) is 11.1. The first-order valence-corrected chi connectivity index (χ1v) is 11.4. The van der Waals surface area contributed by atoms with Gasteiger partial charge in [0, 0.05) is 25.2 Å². The van der Waals surface area contributed by atoms with Crippen molar-refractivity contribution in [1.82, 2.24) is 20.4 Å². The zero-order chi connectivity index (χ0) is 23.0. The number of benzene rings is 2. The minimum Gasteiger partial charge on any atom is -0.379 e. The van der Waals surface area contributed by atoms with Crippen molar-refractivity contribution in [2.75, 3.05) is 39.4 Å². The highest BCUT2D eigenvalue weighted by atomic mass is 16.5. The molecule has 2 aromatic carbocycles. The third-order valence-electron chi connectivity index (χ3n) is 5.99. The highest BCUT2D eigenvalue weighted by molar-refractivity contribution is 5.97. The summed E-state index contributed by atoms with van der Waals surface area (Å²) >= 11 is 0. The maximum atomic E-state index is 12.7. The molecule has 0 bridgehead atoms. The Kier molecular flexibility index (Phi) is 7.70. The molecule has 2 saturated heterocycles. The molecule has 174 valence electrons. The third-order valence-corrected chi connectivity index (χ3v) is 5.99. The van der Waals surface area contributed by atoms with E-state index in [-0.39, 0.29) is 30.8 Å². The lowest BCUT2D eigenvalue weighted by Gasteiger charge is -2.31. The van der Waals surface area contributed by atoms with Crippen LogP contribution < -0.4 is 10.6 Å². The summed E-state index contributed by atoms with van der Waals surface area (Å²) in [6, 6.07) is 15.8. The van der Waals surface area contributed by atoms with Crippen LogP contribution in [0.3, 0.4) is 0 Å². The van der Waals surface area contributed by atoms with Crippen LogP contribution in [0, 0.1) is 0 Å². The van der Waals surface area contributed by atoms with E-state index in [4.69, 9.17) is 4.74 Å². The van der Waals surface area contributed by atoms with Crippen molar-refractivity contribution >= 4 is 17.8 Å². The quantitative estimate of drug-likeness (QED) is 0.603. The van der Waals surface area contributed by atoms with E-state index in [2.05, 4.69) is 15.5 Å². The Bertz CT molecular complexity index is 957. The number of rotatable bonds is 8. The standard InChI is InChI=1S/C25H30N4O4/c30-23-17-22(20-7-2-1-3-8-20)27-25(32)29(23)18-19-6-4-9-21(16-19)24(31)26-10-5-11-28-12-14-33-15-13-28/h1-4,6-9,16,22H,5,10-15,17-18H2,(H,26,31)(H,27,32). The first-order valence-electron chi connectivity index (χ1n) is 11.4. The molecule has 4 amide bonds. The van der Waals surface area contributed by atoms with E-state index in [1.807, 2.05) is 36.4 Å². The number of hydrogen-bond acceptors (Lipinski definition) is 5. The van der Waals surface area contributed by atoms with Gasteiger partial charge in [-0.25, -0.2) is 4.79 Å². The van der Waals surface area contributed by atoms with Gasteiger partial charge in [0.15, 0.2) is 0 Å². The van der Waals surface area contributed by atoms with E-state index in [1.54, 1.807) is 18.2 Å². The van der Waals surface area contributed by atoms with Crippen molar-refractivity contribution < 1.29 is 19.1 Å². The maximum Gasteiger partial charge on any atom is 0.324 e. The summed E-state index contributed by atoms with van der Waals surface area (Å²) in [4.78, 5) is 41.4. The molecule has 0 aliphatic carbocycles. The molecule has 2 aliphatic rings. The van der Waals surface area contributed by atoms with Crippen molar-refractivity contribution in [2.45, 2.75) is 25.4 Å². The van der Waals surface area contributed by atoms with Gasteiger partial charge in [-0.1, -0.05) is 42.5 Å². The summed E-state index contributed by atoms with van der Waals surface area (Å²) in [5, 5.41) is 5.86. The molecule has 1 unspecified atom stereocenters. The summed E-state index contributed by atoms with van der Waals surface area (Å²) in [6.07, 6.45) is 1.08. The molecule has 2 aliphatic heterocycles. The number of imide groups is 1. The first kappa shape index (κ1) is 22.9. The van der Waals surface area contributed by atoms with Gasteiger partial charge in [-0.2, -0.15) is 0 Å². The van der Waals surface area contributed by atoms with Crippen LogP contribution in [0.5, 0.6) is 0 Å². The molecule has 0 spiro atoms. The molecular formula is C25H30N4O4. The molecule has 2 fully saturated rings. The van der Waals surface area contributed by atoms with Crippen molar-refractivity contribution in [3.63, 3.8) is 0 Å². The van der Waals surface area contributed by atoms with Crippen molar-refractivity contribution in [3.05, 3.63) is 71.3 Å². The van der Waals surface area contributed by atoms with Gasteiger partial charge in [0.25, 0.3) is 5.91 Å². The molecule has 0 radical (unpaired) electrons. The summed E-state index contributed by atoms with van der Waals surface area (Å²) in [7, 11) is 0. The van der Waals surface area contributed by atoms with Crippen LogP contribution >= 0.6 is 0 Å². The van der Waals surface area contributed by atoms with Gasteiger partial charge < -0.3 is 15.4 Å². The second-order valence-corrected chi connectivity index (χ2v) is 8.36. The molecule has 1 atom stereocenters. The minimum absolute atomic E-state index is 0.129. The van der Waals surface area contributed by atoms with Crippen LogP contribution in [0.15, 0.2) is 54.6 Å². The fourth-order valence-corrected chi connectivity index (χ4v) is 4.15. The van der Waals surface area contributed by atoms with Crippen molar-refractivity contribution in [2.24, 2.45) is 0 Å². The zero-order valence-corrected chi connectivity index (χ0v) is 18.7. The predicted octanol–water partition coefficient (Wildman–Crippen LogP) is 2.32. The molecule has 2 heterocycles. The number of nitrogens with one attached hydrogen (secondary N) is 2. The Morgan fingerprint density at radius 3 is 2.61 bits per heavy atom. The average molecular weight is 451 g/mol. The molecule has 33 heavy (non-hydrogen) atoms. The smallest absolute Gasteiger partial charge is 0.324 e. The van der Waals surface area contributed by atoms with Crippen LogP contribution in [0.1, 0.15) is 40.4 Å². The van der Waals surface area contributed by atoms with E-state index >= 15 is 0 Å². The topological polar surface area (TPSA) is 91.0 Å². The number of nitrogens with zero attached hydrogens (tertiary/aromatic N) is 2. The Balaban J connectivity index is 1.29. The third kappa shape index (κ3) is 6.18. The monoisotopic (exact) mass is 450 g/mol. The molecule has 0 saturated carbocycles. The number of ether oxygens (including phenoxy) is 1. The summed E-state index contributed by atoms with van der Waals surface area (Å²) in [5.74, 6) is -0.386. The van der Waals surface area contributed by atoms with E-state index in [9.17, 15) is 14.4 Å². The van der Waals surface area contributed by atoms with Crippen molar-refractivity contribution in [1.29, 1.82) is 0 Å². The van der Waals surface area contributed by atoms with E-state index in [1.165, 1.54) is 4.90 Å². The van der Waals surface area contributed by atoms with Gasteiger partial charge in [0.2, 0.25) is 5.91 Å². The molecule has 8 heteroatoms. The lowest BCUT2D eigenvalue weighted by Crippen LogP contribution is -2.50. The van der Waals surface area contributed by atoms with Gasteiger partial charge >= 0.3 is 6.03 Å².